The van der Waals surface area contributed by atoms with Gasteiger partial charge in [0.25, 0.3) is 0 Å². The number of carbonyl (C=O) groups excluding carboxylic acids is 2. The zero-order chi connectivity index (χ0) is 16.8. The molecule has 0 spiro atoms. The fourth-order valence-electron chi connectivity index (χ4n) is 2.05. The quantitative estimate of drug-likeness (QED) is 0.578. The topological polar surface area (TPSA) is 34.1 Å². The van der Waals surface area contributed by atoms with Gasteiger partial charge in [0.1, 0.15) is 0 Å². The zero-order valence-corrected chi connectivity index (χ0v) is 14.3. The van der Waals surface area contributed by atoms with Crippen molar-refractivity contribution >= 4 is 33.8 Å². The Morgan fingerprint density at radius 2 is 0.833 bits per heavy atom. The minimum Gasteiger partial charge on any atom is -0.281 e. The number of thioether (sulfide) groups is 2. The first-order chi connectivity index (χ1) is 11.7. The monoisotopic (exact) mass is 350 g/mol. The molecule has 118 valence electrons. The van der Waals surface area contributed by atoms with Crippen molar-refractivity contribution in [1.29, 1.82) is 0 Å². The average Bonchev–Trinajstić information content (AvgIpc) is 2.63. The van der Waals surface area contributed by atoms with E-state index in [1.807, 2.05) is 60.7 Å². The smallest absolute Gasteiger partial charge is 0.224 e. The second-order valence-electron chi connectivity index (χ2n) is 4.98. The van der Waals surface area contributed by atoms with Gasteiger partial charge < -0.3 is 0 Å². The molecular formula is C20H14O2S2. The standard InChI is InChI=1S/C20H14O2S2/c21-19(23-17-7-3-1-4-8-17)15-11-13-16(14-12-15)20(22)24-18-9-5-2-6-10-18/h1-14H. The highest BCUT2D eigenvalue weighted by Gasteiger charge is 2.11. The molecule has 0 amide bonds. The van der Waals surface area contributed by atoms with Crippen LogP contribution in [0.15, 0.2) is 94.7 Å². The molecule has 3 aromatic rings. The van der Waals surface area contributed by atoms with Crippen LogP contribution in [-0.2, 0) is 0 Å². The Morgan fingerprint density at radius 3 is 1.17 bits per heavy atom. The van der Waals surface area contributed by atoms with Gasteiger partial charge in [-0.25, -0.2) is 0 Å². The maximum Gasteiger partial charge on any atom is 0.224 e. The lowest BCUT2D eigenvalue weighted by Crippen LogP contribution is -1.97. The molecular weight excluding hydrogens is 336 g/mol. The molecule has 0 saturated heterocycles. The Bertz CT molecular complexity index is 756. The lowest BCUT2D eigenvalue weighted by molar-refractivity contribution is 0.107. The summed E-state index contributed by atoms with van der Waals surface area (Å²) in [5, 5.41) is -0.0631. The summed E-state index contributed by atoms with van der Waals surface area (Å²) >= 11 is 2.37. The van der Waals surface area contributed by atoms with Gasteiger partial charge in [0.2, 0.25) is 10.2 Å². The van der Waals surface area contributed by atoms with Crippen LogP contribution >= 0.6 is 23.5 Å². The third-order valence-electron chi connectivity index (χ3n) is 3.26. The second kappa shape index (κ2) is 7.99. The predicted octanol–water partition coefficient (Wildman–Crippen LogP) is 5.55. The molecule has 4 heteroatoms. The van der Waals surface area contributed by atoms with Crippen molar-refractivity contribution in [2.75, 3.05) is 0 Å². The highest BCUT2D eigenvalue weighted by Crippen LogP contribution is 2.25. The summed E-state index contributed by atoms with van der Waals surface area (Å²) in [6.45, 7) is 0. The van der Waals surface area contributed by atoms with Crippen molar-refractivity contribution < 1.29 is 9.59 Å². The zero-order valence-electron chi connectivity index (χ0n) is 12.7. The maximum atomic E-state index is 12.3. The summed E-state index contributed by atoms with van der Waals surface area (Å²) in [6, 6.07) is 25.9. The van der Waals surface area contributed by atoms with Gasteiger partial charge >= 0.3 is 0 Å². The van der Waals surface area contributed by atoms with E-state index in [1.165, 1.54) is 23.5 Å². The first-order valence-corrected chi connectivity index (χ1v) is 9.00. The molecule has 0 heterocycles. The Kier molecular flexibility index (Phi) is 5.51. The van der Waals surface area contributed by atoms with E-state index in [4.69, 9.17) is 0 Å². The van der Waals surface area contributed by atoms with Gasteiger partial charge in [0.05, 0.1) is 0 Å². The van der Waals surface area contributed by atoms with E-state index in [1.54, 1.807) is 24.3 Å². The van der Waals surface area contributed by atoms with Crippen LogP contribution in [0.3, 0.4) is 0 Å². The van der Waals surface area contributed by atoms with Crippen LogP contribution in [0.2, 0.25) is 0 Å². The van der Waals surface area contributed by atoms with E-state index in [0.29, 0.717) is 11.1 Å². The fourth-order valence-corrected chi connectivity index (χ4v) is 3.57. The molecule has 0 radical (unpaired) electrons. The van der Waals surface area contributed by atoms with Gasteiger partial charge in [-0.15, -0.1) is 0 Å². The lowest BCUT2D eigenvalue weighted by Gasteiger charge is -2.03. The van der Waals surface area contributed by atoms with Crippen molar-refractivity contribution in [2.24, 2.45) is 0 Å². The van der Waals surface area contributed by atoms with Gasteiger partial charge in [0, 0.05) is 20.9 Å². The van der Waals surface area contributed by atoms with E-state index in [0.717, 1.165) is 9.79 Å². The number of benzene rings is 3. The van der Waals surface area contributed by atoms with E-state index in [2.05, 4.69) is 0 Å². The van der Waals surface area contributed by atoms with Crippen LogP contribution in [0.5, 0.6) is 0 Å². The van der Waals surface area contributed by atoms with Crippen LogP contribution in [-0.4, -0.2) is 10.2 Å². The molecule has 2 nitrogen and oxygen atoms in total. The summed E-state index contributed by atoms with van der Waals surface area (Å²) in [6.07, 6.45) is 0. The van der Waals surface area contributed by atoms with Crippen LogP contribution in [0.1, 0.15) is 20.7 Å². The Hall–Kier alpha value is -2.30. The maximum absolute atomic E-state index is 12.3. The van der Waals surface area contributed by atoms with Gasteiger partial charge in [-0.2, -0.15) is 0 Å². The molecule has 0 bridgehead atoms. The summed E-state index contributed by atoms with van der Waals surface area (Å²) in [5.74, 6) is 0. The van der Waals surface area contributed by atoms with Crippen molar-refractivity contribution in [3.63, 3.8) is 0 Å². The number of rotatable bonds is 4. The van der Waals surface area contributed by atoms with E-state index < -0.39 is 0 Å². The highest BCUT2D eigenvalue weighted by molar-refractivity contribution is 8.14. The Labute approximate surface area is 149 Å². The van der Waals surface area contributed by atoms with Crippen molar-refractivity contribution in [3.8, 4) is 0 Å². The van der Waals surface area contributed by atoms with Crippen molar-refractivity contribution in [3.05, 3.63) is 96.1 Å². The first-order valence-electron chi connectivity index (χ1n) is 7.37. The molecule has 0 aliphatic heterocycles. The van der Waals surface area contributed by atoms with Crippen LogP contribution in [0.4, 0.5) is 0 Å². The van der Waals surface area contributed by atoms with Gasteiger partial charge in [-0.1, -0.05) is 36.4 Å². The third-order valence-corrected chi connectivity index (χ3v) is 5.12. The van der Waals surface area contributed by atoms with Crippen LogP contribution < -0.4 is 0 Å². The van der Waals surface area contributed by atoms with Crippen LogP contribution in [0.25, 0.3) is 0 Å². The summed E-state index contributed by atoms with van der Waals surface area (Å²) in [5.41, 5.74) is 1.18. The summed E-state index contributed by atoms with van der Waals surface area (Å²) in [7, 11) is 0. The minimum absolute atomic E-state index is 0.0316. The molecule has 0 fully saturated rings. The normalized spacial score (nSPS) is 10.3. The molecule has 0 saturated carbocycles. The molecule has 3 rings (SSSR count). The molecule has 24 heavy (non-hydrogen) atoms. The molecule has 3 aromatic carbocycles. The largest absolute Gasteiger partial charge is 0.281 e. The van der Waals surface area contributed by atoms with E-state index >= 15 is 0 Å². The number of carbonyl (C=O) groups is 2. The SMILES string of the molecule is O=C(Sc1ccccc1)c1ccc(C(=O)Sc2ccccc2)cc1. The molecule has 0 aromatic heterocycles. The van der Waals surface area contributed by atoms with Gasteiger partial charge in [0.15, 0.2) is 0 Å². The molecule has 0 unspecified atom stereocenters. The Balaban J connectivity index is 1.66. The fraction of sp³-hybridized carbons (Fsp3) is 0. The average molecular weight is 350 g/mol. The van der Waals surface area contributed by atoms with E-state index in [9.17, 15) is 9.59 Å². The van der Waals surface area contributed by atoms with Crippen molar-refractivity contribution in [2.45, 2.75) is 9.79 Å². The number of hydrogen-bond acceptors (Lipinski definition) is 4. The molecule has 0 aliphatic rings. The third kappa shape index (κ3) is 4.37. The second-order valence-corrected chi connectivity index (χ2v) is 7.08. The number of hydrogen-bond donors (Lipinski definition) is 0. The highest BCUT2D eigenvalue weighted by atomic mass is 32.2. The van der Waals surface area contributed by atoms with E-state index in [-0.39, 0.29) is 10.2 Å². The van der Waals surface area contributed by atoms with Gasteiger partial charge in [-0.3, -0.25) is 9.59 Å². The molecule has 0 atom stereocenters. The lowest BCUT2D eigenvalue weighted by atomic mass is 10.2. The predicted molar refractivity (Wildman–Crippen MR) is 99.7 cm³/mol. The Morgan fingerprint density at radius 1 is 0.500 bits per heavy atom. The summed E-state index contributed by atoms with van der Waals surface area (Å²) in [4.78, 5) is 26.3. The first kappa shape index (κ1) is 16.6. The van der Waals surface area contributed by atoms with Gasteiger partial charge in [-0.05, 0) is 72.1 Å². The molecule has 0 aliphatic carbocycles. The minimum atomic E-state index is -0.0316. The molecule has 0 N–H and O–H groups in total. The van der Waals surface area contributed by atoms with Crippen LogP contribution in [0, 0.1) is 0 Å². The summed E-state index contributed by atoms with van der Waals surface area (Å²) < 4.78 is 0. The van der Waals surface area contributed by atoms with Crippen molar-refractivity contribution in [1.82, 2.24) is 0 Å².